The smallest absolute Gasteiger partial charge is 0.270 e. The Balaban J connectivity index is 2.59. The molecule has 0 saturated heterocycles. The molecular formula is C12H16BrN3O2. The van der Waals surface area contributed by atoms with Gasteiger partial charge in [0.25, 0.3) is 5.91 Å². The van der Waals surface area contributed by atoms with Gasteiger partial charge >= 0.3 is 0 Å². The molecule has 0 aliphatic heterocycles. The van der Waals surface area contributed by atoms with Crippen molar-refractivity contribution in [1.29, 1.82) is 0 Å². The second-order valence-corrected chi connectivity index (χ2v) is 5.14. The Hall–Kier alpha value is -1.43. The number of rotatable bonds is 4. The summed E-state index contributed by atoms with van der Waals surface area (Å²) in [4.78, 5) is 27.4. The summed E-state index contributed by atoms with van der Waals surface area (Å²) in [5.41, 5.74) is 0.280. The van der Waals surface area contributed by atoms with Crippen molar-refractivity contribution in [3.8, 4) is 0 Å². The van der Waals surface area contributed by atoms with E-state index in [0.29, 0.717) is 0 Å². The van der Waals surface area contributed by atoms with Gasteiger partial charge in [-0.05, 0) is 48.8 Å². The highest BCUT2D eigenvalue weighted by Crippen LogP contribution is 2.07. The second-order valence-electron chi connectivity index (χ2n) is 4.22. The predicted molar refractivity (Wildman–Crippen MR) is 72.1 cm³/mol. The van der Waals surface area contributed by atoms with Crippen molar-refractivity contribution in [3.05, 3.63) is 28.5 Å². The highest BCUT2D eigenvalue weighted by molar-refractivity contribution is 9.10. The van der Waals surface area contributed by atoms with Crippen molar-refractivity contribution in [2.24, 2.45) is 0 Å². The van der Waals surface area contributed by atoms with Gasteiger partial charge in [0.2, 0.25) is 5.91 Å². The lowest BCUT2D eigenvalue weighted by atomic mass is 10.2. The molecule has 5 nitrogen and oxygen atoms in total. The van der Waals surface area contributed by atoms with Crippen LogP contribution in [0.3, 0.4) is 0 Å². The Bertz CT molecular complexity index is 431. The lowest BCUT2D eigenvalue weighted by Gasteiger charge is -2.15. The van der Waals surface area contributed by atoms with Crippen molar-refractivity contribution >= 4 is 27.7 Å². The summed E-state index contributed by atoms with van der Waals surface area (Å²) in [7, 11) is 0. The Morgan fingerprint density at radius 1 is 1.22 bits per heavy atom. The molecule has 0 aromatic carbocycles. The van der Waals surface area contributed by atoms with Crippen LogP contribution in [0.2, 0.25) is 0 Å². The van der Waals surface area contributed by atoms with Crippen LogP contribution in [-0.2, 0) is 4.79 Å². The fourth-order valence-electron chi connectivity index (χ4n) is 1.26. The minimum absolute atomic E-state index is 0.0441. The molecule has 18 heavy (non-hydrogen) atoms. The molecule has 0 saturated carbocycles. The zero-order chi connectivity index (χ0) is 13.7. The topological polar surface area (TPSA) is 71.1 Å². The first-order chi connectivity index (χ1) is 8.40. The first kappa shape index (κ1) is 14.6. The van der Waals surface area contributed by atoms with E-state index in [4.69, 9.17) is 0 Å². The van der Waals surface area contributed by atoms with Crippen LogP contribution < -0.4 is 10.6 Å². The number of hydrogen-bond acceptors (Lipinski definition) is 3. The lowest BCUT2D eigenvalue weighted by Crippen LogP contribution is -2.46. The summed E-state index contributed by atoms with van der Waals surface area (Å²) in [6, 6.07) is 2.76. The third-order valence-electron chi connectivity index (χ3n) is 2.13. The largest absolute Gasteiger partial charge is 0.352 e. The molecule has 1 unspecified atom stereocenters. The molecule has 1 heterocycles. The fraction of sp³-hybridized carbons (Fsp3) is 0.417. The maximum atomic E-state index is 11.8. The normalized spacial score (nSPS) is 12.1. The van der Waals surface area contributed by atoms with E-state index in [1.807, 2.05) is 13.8 Å². The zero-order valence-electron chi connectivity index (χ0n) is 10.5. The molecule has 0 fully saturated rings. The van der Waals surface area contributed by atoms with E-state index >= 15 is 0 Å². The highest BCUT2D eigenvalue weighted by Gasteiger charge is 2.17. The quantitative estimate of drug-likeness (QED) is 0.884. The number of pyridine rings is 1. The Labute approximate surface area is 114 Å². The van der Waals surface area contributed by atoms with Gasteiger partial charge in [0, 0.05) is 16.7 Å². The van der Waals surface area contributed by atoms with Gasteiger partial charge < -0.3 is 10.6 Å². The number of nitrogens with one attached hydrogen (secondary N) is 2. The molecule has 1 rings (SSSR count). The number of amides is 2. The molecule has 0 aliphatic rings. The summed E-state index contributed by atoms with van der Waals surface area (Å²) in [5, 5.41) is 5.32. The van der Waals surface area contributed by atoms with Gasteiger partial charge in [-0.15, -0.1) is 0 Å². The molecule has 0 bridgehead atoms. The summed E-state index contributed by atoms with van der Waals surface area (Å²) < 4.78 is 0.796. The van der Waals surface area contributed by atoms with Gasteiger partial charge in [-0.2, -0.15) is 0 Å². The van der Waals surface area contributed by atoms with Crippen LogP contribution in [0.5, 0.6) is 0 Å². The van der Waals surface area contributed by atoms with Crippen LogP contribution in [0.15, 0.2) is 22.8 Å². The van der Waals surface area contributed by atoms with Gasteiger partial charge in [-0.1, -0.05) is 0 Å². The molecule has 0 spiro atoms. The minimum Gasteiger partial charge on any atom is -0.352 e. The van der Waals surface area contributed by atoms with Crippen molar-refractivity contribution in [2.45, 2.75) is 32.9 Å². The summed E-state index contributed by atoms with van der Waals surface area (Å²) in [6.45, 7) is 5.36. The average molecular weight is 314 g/mol. The summed E-state index contributed by atoms with van der Waals surface area (Å²) in [5.74, 6) is -0.579. The molecule has 1 aromatic rings. The minimum atomic E-state index is -0.592. The molecule has 98 valence electrons. The van der Waals surface area contributed by atoms with Crippen LogP contribution in [0, 0.1) is 0 Å². The molecule has 1 aromatic heterocycles. The van der Waals surface area contributed by atoms with Gasteiger partial charge in [0.05, 0.1) is 0 Å². The monoisotopic (exact) mass is 313 g/mol. The van der Waals surface area contributed by atoms with E-state index in [9.17, 15) is 9.59 Å². The number of halogens is 1. The SMILES string of the molecule is CC(C)NC(=O)C(C)NC(=O)c1ccc(Br)cn1. The van der Waals surface area contributed by atoms with Crippen molar-refractivity contribution in [3.63, 3.8) is 0 Å². The van der Waals surface area contributed by atoms with Gasteiger partial charge in [-0.25, -0.2) is 4.98 Å². The van der Waals surface area contributed by atoms with Crippen molar-refractivity contribution in [2.75, 3.05) is 0 Å². The van der Waals surface area contributed by atoms with Crippen LogP contribution in [-0.4, -0.2) is 28.9 Å². The van der Waals surface area contributed by atoms with Gasteiger partial charge in [0.1, 0.15) is 11.7 Å². The van der Waals surface area contributed by atoms with E-state index in [0.717, 1.165) is 4.47 Å². The highest BCUT2D eigenvalue weighted by atomic mass is 79.9. The molecule has 6 heteroatoms. The molecule has 2 amide bonds. The number of aromatic nitrogens is 1. The molecule has 1 atom stereocenters. The zero-order valence-corrected chi connectivity index (χ0v) is 12.1. The molecule has 2 N–H and O–H groups in total. The van der Waals surface area contributed by atoms with Crippen molar-refractivity contribution in [1.82, 2.24) is 15.6 Å². The lowest BCUT2D eigenvalue weighted by molar-refractivity contribution is -0.123. The standard InChI is InChI=1S/C12H16BrN3O2/c1-7(2)15-11(17)8(3)16-12(18)10-5-4-9(13)6-14-10/h4-8H,1-3H3,(H,15,17)(H,16,18). The molecule has 0 radical (unpaired) electrons. The van der Waals surface area contributed by atoms with E-state index in [1.165, 1.54) is 6.20 Å². The molecule has 0 aliphatic carbocycles. The maximum Gasteiger partial charge on any atom is 0.270 e. The first-order valence-electron chi connectivity index (χ1n) is 5.63. The number of nitrogens with zero attached hydrogens (tertiary/aromatic N) is 1. The predicted octanol–water partition coefficient (Wildman–Crippen LogP) is 1.49. The van der Waals surface area contributed by atoms with E-state index < -0.39 is 6.04 Å². The summed E-state index contributed by atoms with van der Waals surface area (Å²) in [6.07, 6.45) is 1.54. The Morgan fingerprint density at radius 2 is 1.89 bits per heavy atom. The van der Waals surface area contributed by atoms with Crippen LogP contribution in [0.1, 0.15) is 31.3 Å². The third-order valence-corrected chi connectivity index (χ3v) is 2.60. The van der Waals surface area contributed by atoms with Crippen molar-refractivity contribution < 1.29 is 9.59 Å². The number of carbonyl (C=O) groups excluding carboxylic acids is 2. The number of hydrogen-bond donors (Lipinski definition) is 2. The van der Waals surface area contributed by atoms with Gasteiger partial charge in [-0.3, -0.25) is 9.59 Å². The fourth-order valence-corrected chi connectivity index (χ4v) is 1.49. The van der Waals surface area contributed by atoms with E-state index in [-0.39, 0.29) is 23.6 Å². The Kier molecular flexibility index (Phi) is 5.27. The third kappa shape index (κ3) is 4.44. The van der Waals surface area contributed by atoms with Crippen LogP contribution in [0.4, 0.5) is 0 Å². The maximum absolute atomic E-state index is 11.8. The summed E-state index contributed by atoms with van der Waals surface area (Å²) >= 11 is 3.24. The Morgan fingerprint density at radius 3 is 2.39 bits per heavy atom. The van der Waals surface area contributed by atoms with Crippen LogP contribution >= 0.6 is 15.9 Å². The number of carbonyl (C=O) groups is 2. The first-order valence-corrected chi connectivity index (χ1v) is 6.42. The van der Waals surface area contributed by atoms with E-state index in [2.05, 4.69) is 31.5 Å². The second kappa shape index (κ2) is 6.49. The average Bonchev–Trinajstić information content (AvgIpc) is 2.28. The van der Waals surface area contributed by atoms with E-state index in [1.54, 1.807) is 19.1 Å². The van der Waals surface area contributed by atoms with Gasteiger partial charge in [0.15, 0.2) is 0 Å². The van der Waals surface area contributed by atoms with Crippen LogP contribution in [0.25, 0.3) is 0 Å². The molecular weight excluding hydrogens is 298 g/mol.